The van der Waals surface area contributed by atoms with Gasteiger partial charge in [0.05, 0.1) is 11.0 Å². The predicted octanol–water partition coefficient (Wildman–Crippen LogP) is 1.82. The number of imidazole rings is 1. The Morgan fingerprint density at radius 2 is 1.86 bits per heavy atom. The molecule has 1 N–H and O–H groups in total. The minimum Gasteiger partial charge on any atom is -0.349 e. The first-order valence-electron chi connectivity index (χ1n) is 9.29. The highest BCUT2D eigenvalue weighted by molar-refractivity contribution is 7.08. The highest BCUT2D eigenvalue weighted by atomic mass is 32.1. The van der Waals surface area contributed by atoms with E-state index < -0.39 is 0 Å². The first-order chi connectivity index (χ1) is 13.5. The Hall–Kier alpha value is -2.87. The maximum Gasteiger partial charge on any atom is 0.329 e. The van der Waals surface area contributed by atoms with Crippen LogP contribution < -0.4 is 11.0 Å². The maximum absolute atomic E-state index is 12.8. The Morgan fingerprint density at radius 3 is 2.54 bits per heavy atom. The summed E-state index contributed by atoms with van der Waals surface area (Å²) in [5.74, 6) is -0.130. The SMILES string of the molecule is Cn1c(=O)n(CC(=O)N2CCC(NC(=O)c3ccsc3)CC2)c2ccccc21. The summed E-state index contributed by atoms with van der Waals surface area (Å²) in [4.78, 5) is 39.2. The van der Waals surface area contributed by atoms with Gasteiger partial charge in [-0.1, -0.05) is 12.1 Å². The smallest absolute Gasteiger partial charge is 0.329 e. The number of carbonyl (C=O) groups excluding carboxylic acids is 2. The van der Waals surface area contributed by atoms with Gasteiger partial charge < -0.3 is 10.2 Å². The molecule has 2 amide bonds. The molecule has 4 rings (SSSR count). The molecule has 1 saturated heterocycles. The molecule has 146 valence electrons. The van der Waals surface area contributed by atoms with Crippen LogP contribution in [0.4, 0.5) is 0 Å². The number of thiophene rings is 1. The Bertz CT molecular complexity index is 1060. The van der Waals surface area contributed by atoms with Crippen molar-refractivity contribution in [3.05, 3.63) is 57.1 Å². The summed E-state index contributed by atoms with van der Waals surface area (Å²) in [6, 6.07) is 9.35. The number of aromatic nitrogens is 2. The topological polar surface area (TPSA) is 76.3 Å². The van der Waals surface area contributed by atoms with Gasteiger partial charge in [-0.2, -0.15) is 11.3 Å². The van der Waals surface area contributed by atoms with Gasteiger partial charge in [-0.3, -0.25) is 18.7 Å². The normalized spacial score (nSPS) is 15.1. The van der Waals surface area contributed by atoms with Gasteiger partial charge in [0.1, 0.15) is 6.54 Å². The van der Waals surface area contributed by atoms with Gasteiger partial charge in [0, 0.05) is 37.1 Å². The number of benzene rings is 1. The summed E-state index contributed by atoms with van der Waals surface area (Å²) < 4.78 is 3.09. The van der Waals surface area contributed by atoms with Gasteiger partial charge in [-0.25, -0.2) is 4.79 Å². The number of likely N-dealkylation sites (tertiary alicyclic amines) is 1. The third kappa shape index (κ3) is 3.47. The van der Waals surface area contributed by atoms with Crippen molar-refractivity contribution in [2.24, 2.45) is 7.05 Å². The summed E-state index contributed by atoms with van der Waals surface area (Å²) in [7, 11) is 1.72. The number of para-hydroxylation sites is 2. The van der Waals surface area contributed by atoms with Crippen LogP contribution in [0.5, 0.6) is 0 Å². The first-order valence-corrected chi connectivity index (χ1v) is 10.2. The van der Waals surface area contributed by atoms with Gasteiger partial charge in [-0.05, 0) is 36.4 Å². The molecule has 1 aromatic carbocycles. The molecule has 1 aliphatic rings. The first kappa shape index (κ1) is 18.5. The molecule has 0 spiro atoms. The van der Waals surface area contributed by atoms with Gasteiger partial charge in [0.25, 0.3) is 5.91 Å². The molecular formula is C20H22N4O3S. The fourth-order valence-electron chi connectivity index (χ4n) is 3.69. The van der Waals surface area contributed by atoms with E-state index in [1.54, 1.807) is 22.6 Å². The van der Waals surface area contributed by atoms with Crippen LogP contribution in [0.2, 0.25) is 0 Å². The van der Waals surface area contributed by atoms with Crippen molar-refractivity contribution in [2.75, 3.05) is 13.1 Å². The average molecular weight is 398 g/mol. The molecule has 1 aliphatic heterocycles. The summed E-state index contributed by atoms with van der Waals surface area (Å²) >= 11 is 1.50. The number of rotatable bonds is 4. The molecule has 8 heteroatoms. The van der Waals surface area contributed by atoms with Crippen molar-refractivity contribution in [2.45, 2.75) is 25.4 Å². The van der Waals surface area contributed by atoms with E-state index in [2.05, 4.69) is 5.32 Å². The van der Waals surface area contributed by atoms with Gasteiger partial charge >= 0.3 is 5.69 Å². The number of piperidine rings is 1. The molecule has 0 unspecified atom stereocenters. The van der Waals surface area contributed by atoms with E-state index in [4.69, 9.17) is 0 Å². The van der Waals surface area contributed by atoms with E-state index >= 15 is 0 Å². The molecular weight excluding hydrogens is 376 g/mol. The second kappa shape index (κ2) is 7.63. The molecule has 3 heterocycles. The lowest BCUT2D eigenvalue weighted by molar-refractivity contribution is -0.132. The lowest BCUT2D eigenvalue weighted by Crippen LogP contribution is -2.47. The van der Waals surface area contributed by atoms with Crippen molar-refractivity contribution in [1.82, 2.24) is 19.4 Å². The zero-order valence-electron chi connectivity index (χ0n) is 15.6. The molecule has 1 fully saturated rings. The molecule has 0 atom stereocenters. The molecule has 0 aliphatic carbocycles. The van der Waals surface area contributed by atoms with Crippen molar-refractivity contribution in [3.63, 3.8) is 0 Å². The zero-order chi connectivity index (χ0) is 19.7. The summed E-state index contributed by atoms with van der Waals surface area (Å²) in [6.07, 6.45) is 1.43. The summed E-state index contributed by atoms with van der Waals surface area (Å²) in [5, 5.41) is 6.75. The van der Waals surface area contributed by atoms with Crippen molar-refractivity contribution in [3.8, 4) is 0 Å². The van der Waals surface area contributed by atoms with E-state index in [9.17, 15) is 14.4 Å². The summed E-state index contributed by atoms with van der Waals surface area (Å²) in [6.45, 7) is 1.19. The van der Waals surface area contributed by atoms with Crippen LogP contribution in [-0.4, -0.2) is 45.0 Å². The Labute approximate surface area is 166 Å². The van der Waals surface area contributed by atoms with Crippen LogP contribution in [-0.2, 0) is 18.4 Å². The number of carbonyl (C=O) groups is 2. The van der Waals surface area contributed by atoms with Gasteiger partial charge in [-0.15, -0.1) is 0 Å². The highest BCUT2D eigenvalue weighted by Gasteiger charge is 2.25. The number of nitrogens with one attached hydrogen (secondary N) is 1. The number of amides is 2. The number of hydrogen-bond donors (Lipinski definition) is 1. The minimum atomic E-state index is -0.188. The Morgan fingerprint density at radius 1 is 1.14 bits per heavy atom. The highest BCUT2D eigenvalue weighted by Crippen LogP contribution is 2.15. The number of aryl methyl sites for hydroxylation is 1. The lowest BCUT2D eigenvalue weighted by Gasteiger charge is -2.32. The number of hydrogen-bond acceptors (Lipinski definition) is 4. The Kier molecular flexibility index (Phi) is 5.04. The van der Waals surface area contributed by atoms with Crippen LogP contribution in [0.15, 0.2) is 45.9 Å². The second-order valence-corrected chi connectivity index (χ2v) is 7.84. The second-order valence-electron chi connectivity index (χ2n) is 7.06. The molecule has 7 nitrogen and oxygen atoms in total. The third-order valence-electron chi connectivity index (χ3n) is 5.31. The average Bonchev–Trinajstić information content (AvgIpc) is 3.33. The Balaban J connectivity index is 1.38. The standard InChI is InChI=1S/C20H22N4O3S/c1-22-16-4-2-3-5-17(16)24(20(22)27)12-18(25)23-9-6-15(7-10-23)21-19(26)14-8-11-28-13-14/h2-5,8,11,13,15H,6-7,9-10,12H2,1H3,(H,21,26). The van der Waals surface area contributed by atoms with E-state index in [0.29, 0.717) is 31.5 Å². The van der Waals surface area contributed by atoms with Crippen molar-refractivity contribution < 1.29 is 9.59 Å². The van der Waals surface area contributed by atoms with E-state index in [1.165, 1.54) is 15.9 Å². The molecule has 0 radical (unpaired) electrons. The van der Waals surface area contributed by atoms with Crippen LogP contribution in [0.3, 0.4) is 0 Å². The molecule has 0 bridgehead atoms. The van der Waals surface area contributed by atoms with Crippen LogP contribution in [0, 0.1) is 0 Å². The summed E-state index contributed by atoms with van der Waals surface area (Å²) in [5.41, 5.74) is 2.07. The largest absolute Gasteiger partial charge is 0.349 e. The molecule has 2 aromatic heterocycles. The predicted molar refractivity (Wildman–Crippen MR) is 109 cm³/mol. The molecule has 3 aromatic rings. The quantitative estimate of drug-likeness (QED) is 0.728. The van der Waals surface area contributed by atoms with E-state index in [-0.39, 0.29) is 30.1 Å². The minimum absolute atomic E-state index is 0.0338. The van der Waals surface area contributed by atoms with Crippen molar-refractivity contribution in [1.29, 1.82) is 0 Å². The lowest BCUT2D eigenvalue weighted by atomic mass is 10.0. The maximum atomic E-state index is 12.8. The zero-order valence-corrected chi connectivity index (χ0v) is 16.4. The van der Waals surface area contributed by atoms with Crippen LogP contribution in [0.1, 0.15) is 23.2 Å². The van der Waals surface area contributed by atoms with Gasteiger partial charge in [0.2, 0.25) is 5.91 Å². The van der Waals surface area contributed by atoms with E-state index in [0.717, 1.165) is 11.0 Å². The monoisotopic (exact) mass is 398 g/mol. The van der Waals surface area contributed by atoms with E-state index in [1.807, 2.05) is 35.0 Å². The van der Waals surface area contributed by atoms with Crippen molar-refractivity contribution >= 4 is 34.2 Å². The molecule has 0 saturated carbocycles. The molecule has 28 heavy (non-hydrogen) atoms. The third-order valence-corrected chi connectivity index (χ3v) is 5.99. The van der Waals surface area contributed by atoms with Gasteiger partial charge in [0.15, 0.2) is 0 Å². The van der Waals surface area contributed by atoms with Crippen LogP contribution >= 0.6 is 11.3 Å². The van der Waals surface area contributed by atoms with Crippen LogP contribution in [0.25, 0.3) is 11.0 Å². The fraction of sp³-hybridized carbons (Fsp3) is 0.350. The fourth-order valence-corrected chi connectivity index (χ4v) is 4.32. The number of nitrogens with zero attached hydrogens (tertiary/aromatic N) is 3. The number of fused-ring (bicyclic) bond motifs is 1.